The first kappa shape index (κ1) is 20.6. The van der Waals surface area contributed by atoms with E-state index < -0.39 is 0 Å². The topological polar surface area (TPSA) is 51.2 Å². The van der Waals surface area contributed by atoms with Crippen LogP contribution in [0.15, 0.2) is 60.7 Å². The number of methoxy groups -OCH3 is 1. The fourth-order valence-electron chi connectivity index (χ4n) is 3.80. The first-order chi connectivity index (χ1) is 14.9. The smallest absolute Gasteiger partial charge is 0.256 e. The standard InChI is InChI=1S/C27H26N2O2/c1-16-12-19(4)26-23(13-16)24(27(30)28-21-9-6-17(2)18(3)14-21)15-25(29-26)20-7-10-22(31-5)11-8-20/h6-15H,1-5H3,(H,28,30). The van der Waals surface area contributed by atoms with Crippen molar-refractivity contribution in [3.05, 3.63) is 88.5 Å². The average Bonchev–Trinajstić information content (AvgIpc) is 2.75. The third kappa shape index (κ3) is 4.15. The first-order valence-corrected chi connectivity index (χ1v) is 10.3. The fraction of sp³-hybridized carbons (Fsp3) is 0.185. The van der Waals surface area contributed by atoms with Gasteiger partial charge in [-0.3, -0.25) is 4.79 Å². The van der Waals surface area contributed by atoms with E-state index in [4.69, 9.17) is 9.72 Å². The molecule has 1 N–H and O–H groups in total. The van der Waals surface area contributed by atoms with Crippen molar-refractivity contribution in [3.8, 4) is 17.0 Å². The number of benzene rings is 3. The van der Waals surface area contributed by atoms with Crippen molar-refractivity contribution in [2.45, 2.75) is 27.7 Å². The second kappa shape index (κ2) is 8.23. The third-order valence-electron chi connectivity index (χ3n) is 5.64. The van der Waals surface area contributed by atoms with Gasteiger partial charge in [-0.1, -0.05) is 17.7 Å². The SMILES string of the molecule is COc1ccc(-c2cc(C(=O)Nc3ccc(C)c(C)c3)c3cc(C)cc(C)c3n2)cc1. The van der Waals surface area contributed by atoms with Gasteiger partial charge in [0.05, 0.1) is 23.9 Å². The van der Waals surface area contributed by atoms with Gasteiger partial charge in [-0.25, -0.2) is 4.98 Å². The highest BCUT2D eigenvalue weighted by atomic mass is 16.5. The summed E-state index contributed by atoms with van der Waals surface area (Å²) in [5.74, 6) is 0.638. The first-order valence-electron chi connectivity index (χ1n) is 10.3. The molecule has 3 aromatic carbocycles. The molecule has 0 aliphatic rings. The molecule has 0 aliphatic heterocycles. The number of nitrogens with one attached hydrogen (secondary N) is 1. The minimum Gasteiger partial charge on any atom is -0.497 e. The van der Waals surface area contributed by atoms with Gasteiger partial charge in [0.25, 0.3) is 5.91 Å². The molecule has 4 nitrogen and oxygen atoms in total. The molecule has 0 atom stereocenters. The largest absolute Gasteiger partial charge is 0.497 e. The zero-order valence-corrected chi connectivity index (χ0v) is 18.5. The van der Waals surface area contributed by atoms with Gasteiger partial charge in [0.2, 0.25) is 0 Å². The van der Waals surface area contributed by atoms with Crippen molar-refractivity contribution < 1.29 is 9.53 Å². The minimum atomic E-state index is -0.143. The Kier molecular flexibility index (Phi) is 5.47. The molecular weight excluding hydrogens is 384 g/mol. The van der Waals surface area contributed by atoms with E-state index in [-0.39, 0.29) is 5.91 Å². The molecule has 1 amide bonds. The second-order valence-corrected chi connectivity index (χ2v) is 8.01. The molecule has 0 saturated heterocycles. The Hall–Kier alpha value is -3.66. The van der Waals surface area contributed by atoms with Crippen molar-refractivity contribution in [2.75, 3.05) is 12.4 Å². The van der Waals surface area contributed by atoms with Crippen molar-refractivity contribution in [1.29, 1.82) is 0 Å². The molecule has 0 saturated carbocycles. The quantitative estimate of drug-likeness (QED) is 0.424. The van der Waals surface area contributed by atoms with Crippen LogP contribution >= 0.6 is 0 Å². The highest BCUT2D eigenvalue weighted by Gasteiger charge is 2.16. The molecule has 0 aliphatic carbocycles. The Labute approximate surface area is 182 Å². The summed E-state index contributed by atoms with van der Waals surface area (Å²) >= 11 is 0. The number of rotatable bonds is 4. The molecule has 4 rings (SSSR count). The van der Waals surface area contributed by atoms with E-state index in [1.165, 1.54) is 5.56 Å². The van der Waals surface area contributed by atoms with Crippen LogP contribution in [0.25, 0.3) is 22.2 Å². The van der Waals surface area contributed by atoms with Crippen LogP contribution in [0.5, 0.6) is 5.75 Å². The minimum absolute atomic E-state index is 0.143. The normalized spacial score (nSPS) is 10.9. The molecule has 156 valence electrons. The lowest BCUT2D eigenvalue weighted by atomic mass is 9.99. The van der Waals surface area contributed by atoms with Gasteiger partial charge in [-0.2, -0.15) is 0 Å². The molecule has 0 unspecified atom stereocenters. The zero-order valence-electron chi connectivity index (χ0n) is 18.5. The highest BCUT2D eigenvalue weighted by Crippen LogP contribution is 2.29. The van der Waals surface area contributed by atoms with Gasteiger partial charge in [-0.05, 0) is 92.9 Å². The van der Waals surface area contributed by atoms with Crippen LogP contribution in [0.1, 0.15) is 32.6 Å². The molecule has 0 bridgehead atoms. The maximum absolute atomic E-state index is 13.4. The number of nitrogens with zero attached hydrogens (tertiary/aromatic N) is 1. The summed E-state index contributed by atoms with van der Waals surface area (Å²) in [7, 11) is 1.64. The lowest BCUT2D eigenvalue weighted by Gasteiger charge is -2.14. The molecule has 31 heavy (non-hydrogen) atoms. The summed E-state index contributed by atoms with van der Waals surface area (Å²) in [6.07, 6.45) is 0. The summed E-state index contributed by atoms with van der Waals surface area (Å²) in [5.41, 5.74) is 8.41. The van der Waals surface area contributed by atoms with Crippen LogP contribution in [0.3, 0.4) is 0 Å². The molecule has 0 spiro atoms. The molecule has 1 aromatic heterocycles. The van der Waals surface area contributed by atoms with Crippen LogP contribution in [0.4, 0.5) is 5.69 Å². The number of hydrogen-bond acceptors (Lipinski definition) is 3. The summed E-state index contributed by atoms with van der Waals surface area (Å²) in [5, 5.41) is 3.93. The van der Waals surface area contributed by atoms with E-state index in [0.29, 0.717) is 5.56 Å². The van der Waals surface area contributed by atoms with E-state index in [0.717, 1.165) is 50.3 Å². The molecule has 0 radical (unpaired) electrons. The number of anilines is 1. The monoisotopic (exact) mass is 410 g/mol. The molecule has 1 heterocycles. The number of hydrogen-bond donors (Lipinski definition) is 1. The van der Waals surface area contributed by atoms with Gasteiger partial charge in [0.15, 0.2) is 0 Å². The number of aromatic nitrogens is 1. The van der Waals surface area contributed by atoms with Crippen LogP contribution in [0.2, 0.25) is 0 Å². The van der Waals surface area contributed by atoms with Crippen molar-refractivity contribution in [1.82, 2.24) is 4.98 Å². The third-order valence-corrected chi connectivity index (χ3v) is 5.64. The van der Waals surface area contributed by atoms with E-state index >= 15 is 0 Å². The Morgan fingerprint density at radius 1 is 0.839 bits per heavy atom. The van der Waals surface area contributed by atoms with E-state index in [1.54, 1.807) is 7.11 Å². The summed E-state index contributed by atoms with van der Waals surface area (Å²) in [6, 6.07) is 19.7. The predicted molar refractivity (Wildman–Crippen MR) is 127 cm³/mol. The summed E-state index contributed by atoms with van der Waals surface area (Å²) in [6.45, 7) is 8.17. The second-order valence-electron chi connectivity index (χ2n) is 8.01. The van der Waals surface area contributed by atoms with Gasteiger partial charge in [0.1, 0.15) is 5.75 Å². The molecule has 0 fully saturated rings. The maximum atomic E-state index is 13.4. The lowest BCUT2D eigenvalue weighted by Crippen LogP contribution is -2.13. The number of amides is 1. The van der Waals surface area contributed by atoms with Crippen molar-refractivity contribution in [3.63, 3.8) is 0 Å². The fourth-order valence-corrected chi connectivity index (χ4v) is 3.80. The lowest BCUT2D eigenvalue weighted by molar-refractivity contribution is 0.102. The van der Waals surface area contributed by atoms with Gasteiger partial charge >= 0.3 is 0 Å². The predicted octanol–water partition coefficient (Wildman–Crippen LogP) is 6.40. The number of ether oxygens (including phenoxy) is 1. The Balaban J connectivity index is 1.84. The van der Waals surface area contributed by atoms with E-state index in [2.05, 4.69) is 18.3 Å². The maximum Gasteiger partial charge on any atom is 0.256 e. The van der Waals surface area contributed by atoms with Crippen molar-refractivity contribution in [2.24, 2.45) is 0 Å². The van der Waals surface area contributed by atoms with E-state index in [1.807, 2.05) is 75.4 Å². The average molecular weight is 411 g/mol. The van der Waals surface area contributed by atoms with Crippen LogP contribution in [-0.4, -0.2) is 18.0 Å². The number of aryl methyl sites for hydroxylation is 4. The number of carbonyl (C=O) groups is 1. The van der Waals surface area contributed by atoms with Gasteiger partial charge in [0, 0.05) is 16.6 Å². The Morgan fingerprint density at radius 3 is 2.26 bits per heavy atom. The highest BCUT2D eigenvalue weighted by molar-refractivity contribution is 6.13. The van der Waals surface area contributed by atoms with Crippen LogP contribution in [0, 0.1) is 27.7 Å². The Morgan fingerprint density at radius 2 is 1.58 bits per heavy atom. The Bertz CT molecular complexity index is 1290. The molecular formula is C27H26N2O2. The van der Waals surface area contributed by atoms with Crippen LogP contribution in [-0.2, 0) is 0 Å². The van der Waals surface area contributed by atoms with Crippen molar-refractivity contribution >= 4 is 22.5 Å². The summed E-state index contributed by atoms with van der Waals surface area (Å²) in [4.78, 5) is 18.3. The van der Waals surface area contributed by atoms with Gasteiger partial charge in [-0.15, -0.1) is 0 Å². The number of carbonyl (C=O) groups excluding carboxylic acids is 1. The van der Waals surface area contributed by atoms with Gasteiger partial charge < -0.3 is 10.1 Å². The van der Waals surface area contributed by atoms with E-state index in [9.17, 15) is 4.79 Å². The van der Waals surface area contributed by atoms with Crippen LogP contribution < -0.4 is 10.1 Å². The summed E-state index contributed by atoms with van der Waals surface area (Å²) < 4.78 is 5.27. The molecule has 4 aromatic rings. The number of pyridine rings is 1. The number of fused-ring (bicyclic) bond motifs is 1. The molecule has 4 heteroatoms. The zero-order chi connectivity index (χ0) is 22.1.